The Kier molecular flexibility index (Phi) is 5.71. The Labute approximate surface area is 163 Å². The second-order valence-corrected chi connectivity index (χ2v) is 6.70. The summed E-state index contributed by atoms with van der Waals surface area (Å²) in [6, 6.07) is 6.98. The summed E-state index contributed by atoms with van der Waals surface area (Å²) in [4.78, 5) is 31.7. The molecule has 0 aliphatic carbocycles. The molecule has 27 heavy (non-hydrogen) atoms. The topological polar surface area (TPSA) is 68.4 Å². The maximum Gasteiger partial charge on any atom is 0.252 e. The minimum atomic E-state index is -0.616. The van der Waals surface area contributed by atoms with Crippen LogP contribution in [0.25, 0.3) is 10.9 Å². The van der Waals surface area contributed by atoms with E-state index in [9.17, 15) is 9.59 Å². The summed E-state index contributed by atoms with van der Waals surface area (Å²) < 4.78 is 0. The van der Waals surface area contributed by atoms with Crippen molar-refractivity contribution >= 4 is 45.7 Å². The van der Waals surface area contributed by atoms with Gasteiger partial charge in [-0.15, -0.1) is 13.2 Å². The minimum absolute atomic E-state index is 0.0279. The van der Waals surface area contributed by atoms with Crippen LogP contribution < -0.4 is 5.32 Å². The molecule has 3 rings (SSSR count). The lowest BCUT2D eigenvalue weighted by atomic mass is 10.1. The molecule has 1 unspecified atom stereocenters. The van der Waals surface area contributed by atoms with Crippen molar-refractivity contribution in [2.75, 3.05) is 18.4 Å². The van der Waals surface area contributed by atoms with Crippen LogP contribution in [0.15, 0.2) is 55.8 Å². The number of aromatic amines is 1. The molecule has 1 aromatic carbocycles. The van der Waals surface area contributed by atoms with Gasteiger partial charge in [0.2, 0.25) is 5.91 Å². The highest BCUT2D eigenvalue weighted by Crippen LogP contribution is 2.23. The Morgan fingerprint density at radius 3 is 2.85 bits per heavy atom. The zero-order chi connectivity index (χ0) is 19.4. The van der Waals surface area contributed by atoms with Gasteiger partial charge in [-0.25, -0.2) is 0 Å². The fraction of sp³-hybridized carbons (Fsp3) is 0.250. The van der Waals surface area contributed by atoms with E-state index in [0.717, 1.165) is 10.9 Å². The summed E-state index contributed by atoms with van der Waals surface area (Å²) in [5.74, 6) is -0.389. The third-order valence-corrected chi connectivity index (χ3v) is 4.96. The number of amides is 2. The van der Waals surface area contributed by atoms with Crippen LogP contribution in [-0.2, 0) is 9.59 Å². The number of aromatic nitrogens is 1. The number of carbonyl (C=O) groups is 2. The molecule has 1 saturated heterocycles. The summed E-state index contributed by atoms with van der Waals surface area (Å²) in [7, 11) is 0. The molecule has 2 N–H and O–H groups in total. The molecule has 1 aromatic heterocycles. The lowest BCUT2D eigenvalue weighted by Crippen LogP contribution is -2.37. The van der Waals surface area contributed by atoms with Crippen LogP contribution in [0, 0.1) is 0 Å². The predicted octanol–water partition coefficient (Wildman–Crippen LogP) is 3.06. The van der Waals surface area contributed by atoms with Gasteiger partial charge in [-0.3, -0.25) is 14.5 Å². The van der Waals surface area contributed by atoms with Crippen molar-refractivity contribution in [2.45, 2.75) is 18.9 Å². The monoisotopic (exact) mass is 382 g/mol. The smallest absolute Gasteiger partial charge is 0.252 e. The fourth-order valence-corrected chi connectivity index (χ4v) is 3.56. The Morgan fingerprint density at radius 1 is 1.30 bits per heavy atom. The van der Waals surface area contributed by atoms with Gasteiger partial charge in [0.15, 0.2) is 5.11 Å². The maximum atomic E-state index is 12.8. The van der Waals surface area contributed by atoms with Gasteiger partial charge >= 0.3 is 0 Å². The normalized spacial score (nSPS) is 16.8. The lowest BCUT2D eigenvalue weighted by Gasteiger charge is -2.22. The molecule has 140 valence electrons. The SMILES string of the molecule is C=CCCN1C(=O)C(CC(=O)Nc2ccc3cc[nH]c3c2)N(CC=C)C1=S. The lowest BCUT2D eigenvalue weighted by molar-refractivity contribution is -0.130. The first-order valence-corrected chi connectivity index (χ1v) is 9.16. The van der Waals surface area contributed by atoms with Crippen LogP contribution >= 0.6 is 12.2 Å². The molecule has 0 bridgehead atoms. The van der Waals surface area contributed by atoms with Crippen LogP contribution in [-0.4, -0.2) is 50.8 Å². The van der Waals surface area contributed by atoms with Gasteiger partial charge < -0.3 is 15.2 Å². The average molecular weight is 382 g/mol. The zero-order valence-electron chi connectivity index (χ0n) is 15.0. The molecule has 0 saturated carbocycles. The highest BCUT2D eigenvalue weighted by molar-refractivity contribution is 7.80. The van der Waals surface area contributed by atoms with Gasteiger partial charge in [-0.1, -0.05) is 18.2 Å². The molecule has 1 atom stereocenters. The molecule has 1 aliphatic heterocycles. The number of benzene rings is 1. The summed E-state index contributed by atoms with van der Waals surface area (Å²) >= 11 is 5.43. The van der Waals surface area contributed by atoms with Crippen LogP contribution in [0.4, 0.5) is 5.69 Å². The summed E-state index contributed by atoms with van der Waals surface area (Å²) in [5.41, 5.74) is 1.62. The average Bonchev–Trinajstić information content (AvgIpc) is 3.19. The number of thiocarbonyl (C=S) groups is 1. The Bertz CT molecular complexity index is 904. The van der Waals surface area contributed by atoms with Gasteiger partial charge in [0, 0.05) is 30.5 Å². The molecule has 6 nitrogen and oxygen atoms in total. The molecule has 0 spiro atoms. The first kappa shape index (κ1) is 18.8. The number of fused-ring (bicyclic) bond motifs is 1. The second kappa shape index (κ2) is 8.18. The number of hydrogen-bond donors (Lipinski definition) is 2. The van der Waals surface area contributed by atoms with Crippen LogP contribution in [0.2, 0.25) is 0 Å². The molecular weight excluding hydrogens is 360 g/mol. The van der Waals surface area contributed by atoms with Crippen molar-refractivity contribution < 1.29 is 9.59 Å². The van der Waals surface area contributed by atoms with Gasteiger partial charge in [-0.05, 0) is 42.2 Å². The largest absolute Gasteiger partial charge is 0.361 e. The third kappa shape index (κ3) is 3.93. The third-order valence-electron chi connectivity index (χ3n) is 4.50. The standard InChI is InChI=1S/C20H22N4O2S/c1-3-5-11-24-19(26)17(23(10-4-2)20(24)27)13-18(25)22-15-7-6-14-8-9-21-16(14)12-15/h3-4,6-9,12,17,21H,1-2,5,10-11,13H2,(H,22,25). The van der Waals surface area contributed by atoms with Gasteiger partial charge in [-0.2, -0.15) is 0 Å². The molecule has 2 aromatic rings. The van der Waals surface area contributed by atoms with Crippen LogP contribution in [0.1, 0.15) is 12.8 Å². The molecule has 1 fully saturated rings. The Morgan fingerprint density at radius 2 is 2.11 bits per heavy atom. The van der Waals surface area contributed by atoms with Crippen molar-refractivity contribution in [3.63, 3.8) is 0 Å². The predicted molar refractivity (Wildman–Crippen MR) is 111 cm³/mol. The van der Waals surface area contributed by atoms with E-state index in [1.807, 2.05) is 30.5 Å². The number of hydrogen-bond acceptors (Lipinski definition) is 3. The van der Waals surface area contributed by atoms with E-state index < -0.39 is 6.04 Å². The highest BCUT2D eigenvalue weighted by Gasteiger charge is 2.42. The molecule has 0 radical (unpaired) electrons. The second-order valence-electron chi connectivity index (χ2n) is 6.34. The van der Waals surface area contributed by atoms with E-state index >= 15 is 0 Å². The van der Waals surface area contributed by atoms with Crippen LogP contribution in [0.5, 0.6) is 0 Å². The van der Waals surface area contributed by atoms with Gasteiger partial charge in [0.05, 0.1) is 6.42 Å². The maximum absolute atomic E-state index is 12.8. The van der Waals surface area contributed by atoms with Gasteiger partial charge in [0.25, 0.3) is 5.91 Å². The quantitative estimate of drug-likeness (QED) is 0.544. The fourth-order valence-electron chi connectivity index (χ4n) is 3.18. The van der Waals surface area contributed by atoms with E-state index in [4.69, 9.17) is 12.2 Å². The summed E-state index contributed by atoms with van der Waals surface area (Å²) in [6.07, 6.45) is 5.94. The van der Waals surface area contributed by atoms with E-state index in [0.29, 0.717) is 30.3 Å². The molecule has 2 heterocycles. The Balaban J connectivity index is 1.71. The molecular formula is C20H22N4O2S. The van der Waals surface area contributed by atoms with Gasteiger partial charge in [0.1, 0.15) is 6.04 Å². The Hall–Kier alpha value is -2.93. The number of anilines is 1. The van der Waals surface area contributed by atoms with Crippen molar-refractivity contribution in [3.8, 4) is 0 Å². The number of carbonyl (C=O) groups excluding carboxylic acids is 2. The van der Waals surface area contributed by atoms with E-state index in [-0.39, 0.29) is 18.2 Å². The number of nitrogens with one attached hydrogen (secondary N) is 2. The highest BCUT2D eigenvalue weighted by atomic mass is 32.1. The zero-order valence-corrected chi connectivity index (χ0v) is 15.8. The van der Waals surface area contributed by atoms with E-state index in [2.05, 4.69) is 23.5 Å². The molecule has 7 heteroatoms. The summed E-state index contributed by atoms with van der Waals surface area (Å²) in [5, 5.41) is 4.37. The van der Waals surface area contributed by atoms with Crippen molar-refractivity contribution in [1.82, 2.24) is 14.8 Å². The number of rotatable bonds is 8. The van der Waals surface area contributed by atoms with Crippen molar-refractivity contribution in [3.05, 3.63) is 55.8 Å². The van der Waals surface area contributed by atoms with Crippen LogP contribution in [0.3, 0.4) is 0 Å². The first-order chi connectivity index (χ1) is 13.0. The molecule has 2 amide bonds. The van der Waals surface area contributed by atoms with Crippen molar-refractivity contribution in [2.24, 2.45) is 0 Å². The first-order valence-electron chi connectivity index (χ1n) is 8.76. The summed E-state index contributed by atoms with van der Waals surface area (Å²) in [6.45, 7) is 8.29. The number of H-pyrrole nitrogens is 1. The van der Waals surface area contributed by atoms with Crippen molar-refractivity contribution in [1.29, 1.82) is 0 Å². The minimum Gasteiger partial charge on any atom is -0.361 e. The molecule has 1 aliphatic rings. The van der Waals surface area contributed by atoms with E-state index in [1.54, 1.807) is 22.0 Å². The number of nitrogens with zero attached hydrogens (tertiary/aromatic N) is 2. The van der Waals surface area contributed by atoms with E-state index in [1.165, 1.54) is 0 Å².